The molecule has 18 heavy (non-hydrogen) atoms. The summed E-state index contributed by atoms with van der Waals surface area (Å²) in [7, 11) is 0. The van der Waals surface area contributed by atoms with E-state index in [4.69, 9.17) is 22.7 Å². The largest absolute Gasteiger partial charge is 0.389 e. The average Bonchev–Trinajstić information content (AvgIpc) is 2.84. The number of hydrogen-bond donors (Lipinski definition) is 1. The van der Waals surface area contributed by atoms with Crippen LogP contribution < -0.4 is 5.73 Å². The van der Waals surface area contributed by atoms with Gasteiger partial charge in [0.2, 0.25) is 0 Å². The van der Waals surface area contributed by atoms with Crippen molar-refractivity contribution in [2.45, 2.75) is 32.3 Å². The zero-order valence-corrected chi connectivity index (χ0v) is 11.1. The van der Waals surface area contributed by atoms with E-state index in [1.54, 1.807) is 6.07 Å². The van der Waals surface area contributed by atoms with Gasteiger partial charge in [0.1, 0.15) is 10.8 Å². The zero-order chi connectivity index (χ0) is 13.0. The van der Waals surface area contributed by atoms with E-state index in [1.165, 1.54) is 37.8 Å². The molecule has 0 saturated heterocycles. The molecule has 0 aromatic heterocycles. The summed E-state index contributed by atoms with van der Waals surface area (Å²) in [5.41, 5.74) is 7.03. The minimum absolute atomic E-state index is 0.217. The van der Waals surface area contributed by atoms with Crippen molar-refractivity contribution in [1.82, 2.24) is 0 Å². The summed E-state index contributed by atoms with van der Waals surface area (Å²) in [6.07, 6.45) is 5.13. The normalized spacial score (nSPS) is 16.1. The second-order valence-corrected chi connectivity index (χ2v) is 5.27. The van der Waals surface area contributed by atoms with Crippen LogP contribution in [0.25, 0.3) is 0 Å². The smallest absolute Gasteiger partial charge is 0.123 e. The van der Waals surface area contributed by atoms with E-state index in [1.807, 2.05) is 0 Å². The van der Waals surface area contributed by atoms with Gasteiger partial charge < -0.3 is 10.5 Å². The Hall–Kier alpha value is -1.00. The van der Waals surface area contributed by atoms with E-state index in [0.29, 0.717) is 18.1 Å². The molecular weight excluding hydrogens is 249 g/mol. The molecule has 4 heteroatoms. The highest BCUT2D eigenvalue weighted by molar-refractivity contribution is 7.80. The van der Waals surface area contributed by atoms with Crippen molar-refractivity contribution < 1.29 is 9.13 Å². The number of hydrogen-bond acceptors (Lipinski definition) is 2. The van der Waals surface area contributed by atoms with Crippen LogP contribution >= 0.6 is 12.2 Å². The molecule has 1 aromatic rings. The van der Waals surface area contributed by atoms with Gasteiger partial charge in [0.25, 0.3) is 0 Å². The molecule has 2 nitrogen and oxygen atoms in total. The maximum absolute atomic E-state index is 13.1. The van der Waals surface area contributed by atoms with Crippen LogP contribution in [0.3, 0.4) is 0 Å². The van der Waals surface area contributed by atoms with Gasteiger partial charge in [-0.1, -0.05) is 31.1 Å². The van der Waals surface area contributed by atoms with Gasteiger partial charge in [0, 0.05) is 12.2 Å². The lowest BCUT2D eigenvalue weighted by molar-refractivity contribution is 0.0888. The molecule has 1 fully saturated rings. The van der Waals surface area contributed by atoms with Crippen LogP contribution in [-0.2, 0) is 11.3 Å². The molecule has 2 rings (SSSR count). The molecule has 1 saturated carbocycles. The number of rotatable bonds is 5. The lowest BCUT2D eigenvalue weighted by Crippen LogP contribution is -2.14. The second kappa shape index (κ2) is 6.25. The number of ether oxygens (including phenoxy) is 1. The maximum Gasteiger partial charge on any atom is 0.123 e. The van der Waals surface area contributed by atoms with Crippen molar-refractivity contribution >= 4 is 17.2 Å². The highest BCUT2D eigenvalue weighted by Crippen LogP contribution is 2.25. The van der Waals surface area contributed by atoms with Crippen LogP contribution in [0.1, 0.15) is 36.8 Å². The van der Waals surface area contributed by atoms with Crippen molar-refractivity contribution in [3.8, 4) is 0 Å². The van der Waals surface area contributed by atoms with E-state index < -0.39 is 0 Å². The fourth-order valence-electron chi connectivity index (χ4n) is 2.42. The van der Waals surface area contributed by atoms with Gasteiger partial charge in [-0.05, 0) is 36.5 Å². The van der Waals surface area contributed by atoms with Gasteiger partial charge in [-0.2, -0.15) is 0 Å². The van der Waals surface area contributed by atoms with E-state index >= 15 is 0 Å². The van der Waals surface area contributed by atoms with Gasteiger partial charge in [0.05, 0.1) is 6.61 Å². The van der Waals surface area contributed by atoms with Crippen molar-refractivity contribution in [3.05, 3.63) is 35.1 Å². The topological polar surface area (TPSA) is 35.2 Å². The van der Waals surface area contributed by atoms with Gasteiger partial charge >= 0.3 is 0 Å². The first kappa shape index (κ1) is 13.4. The Balaban J connectivity index is 1.93. The fourth-order valence-corrected chi connectivity index (χ4v) is 2.61. The Morgan fingerprint density at radius 2 is 2.11 bits per heavy atom. The summed E-state index contributed by atoms with van der Waals surface area (Å²) in [5.74, 6) is 0.357. The Kier molecular flexibility index (Phi) is 4.66. The third kappa shape index (κ3) is 3.50. The van der Waals surface area contributed by atoms with Crippen molar-refractivity contribution in [2.24, 2.45) is 11.7 Å². The summed E-state index contributed by atoms with van der Waals surface area (Å²) in [6.45, 7) is 1.22. The summed E-state index contributed by atoms with van der Waals surface area (Å²) >= 11 is 4.92. The van der Waals surface area contributed by atoms with Crippen molar-refractivity contribution in [1.29, 1.82) is 0 Å². The quantitative estimate of drug-likeness (QED) is 0.832. The molecular formula is C14H18FNOS. The molecule has 0 atom stereocenters. The molecule has 0 heterocycles. The zero-order valence-electron chi connectivity index (χ0n) is 10.3. The molecule has 1 aliphatic carbocycles. The monoisotopic (exact) mass is 267 g/mol. The summed E-state index contributed by atoms with van der Waals surface area (Å²) in [5, 5.41) is 0. The van der Waals surface area contributed by atoms with Crippen LogP contribution in [0.2, 0.25) is 0 Å². The van der Waals surface area contributed by atoms with Crippen LogP contribution in [0.4, 0.5) is 4.39 Å². The van der Waals surface area contributed by atoms with Crippen LogP contribution in [-0.4, -0.2) is 11.6 Å². The Morgan fingerprint density at radius 1 is 1.39 bits per heavy atom. The molecule has 1 aromatic carbocycles. The first-order valence-corrected chi connectivity index (χ1v) is 6.73. The molecule has 0 radical (unpaired) electrons. The molecule has 0 amide bonds. The standard InChI is InChI=1S/C14H18FNOS/c15-12-6-5-11(13(7-12)14(16)18)9-17-8-10-3-1-2-4-10/h5-7,10H,1-4,8-9H2,(H2,16,18). The van der Waals surface area contributed by atoms with Gasteiger partial charge in [0.15, 0.2) is 0 Å². The number of thiocarbonyl (C=S) groups is 1. The molecule has 0 spiro atoms. The molecule has 0 unspecified atom stereocenters. The highest BCUT2D eigenvalue weighted by atomic mass is 32.1. The third-order valence-corrected chi connectivity index (χ3v) is 3.64. The first-order chi connectivity index (χ1) is 8.66. The Bertz CT molecular complexity index is 430. The SMILES string of the molecule is NC(=S)c1cc(F)ccc1COCC1CCCC1. The van der Waals surface area contributed by atoms with E-state index in [2.05, 4.69) is 0 Å². The average molecular weight is 267 g/mol. The molecule has 2 N–H and O–H groups in total. The first-order valence-electron chi connectivity index (χ1n) is 6.33. The van der Waals surface area contributed by atoms with Crippen LogP contribution in [0.15, 0.2) is 18.2 Å². The summed E-state index contributed by atoms with van der Waals surface area (Å²) < 4.78 is 18.8. The maximum atomic E-state index is 13.1. The molecule has 98 valence electrons. The Labute approximate surface area is 112 Å². The van der Waals surface area contributed by atoms with E-state index in [0.717, 1.165) is 12.2 Å². The summed E-state index contributed by atoms with van der Waals surface area (Å²) in [4.78, 5) is 0.217. The molecule has 1 aliphatic rings. The van der Waals surface area contributed by atoms with Gasteiger partial charge in [-0.15, -0.1) is 0 Å². The van der Waals surface area contributed by atoms with Gasteiger partial charge in [-0.25, -0.2) is 4.39 Å². The molecule has 0 aliphatic heterocycles. The second-order valence-electron chi connectivity index (χ2n) is 4.83. The van der Waals surface area contributed by atoms with E-state index in [9.17, 15) is 4.39 Å². The van der Waals surface area contributed by atoms with Crippen LogP contribution in [0.5, 0.6) is 0 Å². The minimum Gasteiger partial charge on any atom is -0.389 e. The Morgan fingerprint density at radius 3 is 2.78 bits per heavy atom. The van der Waals surface area contributed by atoms with Crippen LogP contribution in [0, 0.1) is 11.7 Å². The van der Waals surface area contributed by atoms with Gasteiger partial charge in [-0.3, -0.25) is 0 Å². The predicted octanol–water partition coefficient (Wildman–Crippen LogP) is 3.17. The fraction of sp³-hybridized carbons (Fsp3) is 0.500. The van der Waals surface area contributed by atoms with E-state index in [-0.39, 0.29) is 10.8 Å². The molecule has 0 bridgehead atoms. The predicted molar refractivity (Wildman–Crippen MR) is 73.9 cm³/mol. The number of halogens is 1. The highest BCUT2D eigenvalue weighted by Gasteiger charge is 2.15. The minimum atomic E-state index is -0.322. The summed E-state index contributed by atoms with van der Waals surface area (Å²) in [6, 6.07) is 4.48. The number of benzene rings is 1. The third-order valence-electron chi connectivity index (χ3n) is 3.42. The van der Waals surface area contributed by atoms with Crippen molar-refractivity contribution in [2.75, 3.05) is 6.61 Å². The van der Waals surface area contributed by atoms with Crippen molar-refractivity contribution in [3.63, 3.8) is 0 Å². The number of nitrogens with two attached hydrogens (primary N) is 1. The lowest BCUT2D eigenvalue weighted by Gasteiger charge is -2.12. The lowest BCUT2D eigenvalue weighted by atomic mass is 10.1.